The van der Waals surface area contributed by atoms with Crippen LogP contribution in [0.5, 0.6) is 0 Å². The van der Waals surface area contributed by atoms with Crippen molar-refractivity contribution in [3.05, 3.63) is 113 Å². The maximum Gasteiger partial charge on any atom is 0.327 e. The summed E-state index contributed by atoms with van der Waals surface area (Å²) in [4.78, 5) is 44.8. The molecule has 2 aliphatic heterocycles. The van der Waals surface area contributed by atoms with Crippen LogP contribution in [0.25, 0.3) is 0 Å². The molecule has 0 saturated carbocycles. The Morgan fingerprint density at radius 2 is 1.06 bits per heavy atom. The lowest BCUT2D eigenvalue weighted by Crippen LogP contribution is -2.58. The van der Waals surface area contributed by atoms with Crippen molar-refractivity contribution in [2.75, 3.05) is 37.0 Å². The van der Waals surface area contributed by atoms with E-state index in [1.807, 2.05) is 50.5 Å². The average Bonchev–Trinajstić information content (AvgIpc) is 3.10. The van der Waals surface area contributed by atoms with E-state index in [-0.39, 0.29) is 29.0 Å². The summed E-state index contributed by atoms with van der Waals surface area (Å²) in [5, 5.41) is 0. The first-order chi connectivity index (χ1) is 23.3. The van der Waals surface area contributed by atoms with Crippen molar-refractivity contribution in [3.63, 3.8) is 0 Å². The fourth-order valence-electron chi connectivity index (χ4n) is 5.06. The highest BCUT2D eigenvalue weighted by Crippen LogP contribution is 2.28. The van der Waals surface area contributed by atoms with E-state index in [4.69, 9.17) is 0 Å². The van der Waals surface area contributed by atoms with E-state index in [0.29, 0.717) is 24.9 Å². The number of urea groups is 2. The van der Waals surface area contributed by atoms with Crippen molar-refractivity contribution >= 4 is 23.8 Å². The molecule has 49 heavy (non-hydrogen) atoms. The Kier molecular flexibility index (Phi) is 10.3. The molecular weight excluding hydrogens is 617 g/mol. The third-order valence-corrected chi connectivity index (χ3v) is 8.97. The Bertz CT molecular complexity index is 1900. The molecule has 0 aliphatic carbocycles. The van der Waals surface area contributed by atoms with Gasteiger partial charge in [-0.2, -0.15) is 0 Å². The molecule has 4 aromatic rings. The maximum atomic E-state index is 12.9. The molecule has 2 aromatic heterocycles. The Hall–Kier alpha value is -5.74. The highest BCUT2D eigenvalue weighted by atomic mass is 19.1. The van der Waals surface area contributed by atoms with Gasteiger partial charge >= 0.3 is 12.1 Å². The molecule has 250 valence electrons. The van der Waals surface area contributed by atoms with Crippen LogP contribution in [-0.2, 0) is 0 Å². The van der Waals surface area contributed by atoms with E-state index in [0.717, 1.165) is 35.1 Å². The van der Waals surface area contributed by atoms with Gasteiger partial charge in [-0.1, -0.05) is 41.9 Å². The lowest BCUT2D eigenvalue weighted by Gasteiger charge is -2.44. The van der Waals surface area contributed by atoms with Crippen LogP contribution in [0, 0.1) is 29.5 Å². The predicted octanol–water partition coefficient (Wildman–Crippen LogP) is 6.58. The normalized spacial score (nSPS) is 16.5. The summed E-state index contributed by atoms with van der Waals surface area (Å²) in [6, 6.07) is 19.3. The zero-order valence-corrected chi connectivity index (χ0v) is 28.7. The second kappa shape index (κ2) is 14.6. The number of rotatable bonds is 2. The predicted molar refractivity (Wildman–Crippen MR) is 189 cm³/mol. The number of hydrogen-bond acceptors (Lipinski definition) is 5. The molecular formula is C39H40FN7O2. The SMILES string of the molecule is CN1C(=O)N(c2ccc(C#Cc3ccc(F)cc3)cn2)CCC1(C)C.CN1C(=O)N(c2ncc(C#Cc3ccccc3)cn2)CCC1(C)C. The van der Waals surface area contributed by atoms with E-state index >= 15 is 0 Å². The summed E-state index contributed by atoms with van der Waals surface area (Å²) in [5.41, 5.74) is 2.85. The number of aromatic nitrogens is 3. The Morgan fingerprint density at radius 1 is 0.592 bits per heavy atom. The van der Waals surface area contributed by atoms with Crippen LogP contribution in [0.15, 0.2) is 85.3 Å². The molecule has 2 saturated heterocycles. The van der Waals surface area contributed by atoms with Gasteiger partial charge in [0, 0.05) is 73.5 Å². The first-order valence-corrected chi connectivity index (χ1v) is 16.1. The van der Waals surface area contributed by atoms with Crippen molar-refractivity contribution in [2.24, 2.45) is 0 Å². The van der Waals surface area contributed by atoms with E-state index in [2.05, 4.69) is 66.3 Å². The average molecular weight is 658 g/mol. The van der Waals surface area contributed by atoms with E-state index in [1.54, 1.807) is 56.4 Å². The molecule has 0 unspecified atom stereocenters. The van der Waals surface area contributed by atoms with Crippen LogP contribution in [-0.4, -0.2) is 75.1 Å². The summed E-state index contributed by atoms with van der Waals surface area (Å²) in [7, 11) is 3.63. The Morgan fingerprint density at radius 3 is 1.63 bits per heavy atom. The number of carbonyl (C=O) groups is 2. The molecule has 0 N–H and O–H groups in total. The zero-order chi connectivity index (χ0) is 35.2. The number of pyridine rings is 1. The van der Waals surface area contributed by atoms with Gasteiger partial charge in [-0.3, -0.25) is 9.80 Å². The molecule has 4 heterocycles. The van der Waals surface area contributed by atoms with E-state index < -0.39 is 0 Å². The number of anilines is 2. The molecule has 9 nitrogen and oxygen atoms in total. The summed E-state index contributed by atoms with van der Waals surface area (Å²) >= 11 is 0. The molecule has 0 atom stereocenters. The smallest absolute Gasteiger partial charge is 0.322 e. The van der Waals surface area contributed by atoms with Gasteiger partial charge in [0.2, 0.25) is 5.95 Å². The van der Waals surface area contributed by atoms with Crippen LogP contribution in [0.1, 0.15) is 62.8 Å². The Labute approximate surface area is 287 Å². The highest BCUT2D eigenvalue weighted by Gasteiger charge is 2.38. The number of amides is 4. The number of halogens is 1. The van der Waals surface area contributed by atoms with E-state index in [9.17, 15) is 14.0 Å². The van der Waals surface area contributed by atoms with Crippen LogP contribution in [0.3, 0.4) is 0 Å². The lowest BCUT2D eigenvalue weighted by molar-refractivity contribution is 0.139. The fourth-order valence-corrected chi connectivity index (χ4v) is 5.06. The molecule has 0 spiro atoms. The van der Waals surface area contributed by atoms with Gasteiger partial charge in [0.25, 0.3) is 0 Å². The standard InChI is InChI=1S/C20H20FN3O.C19H20N4O/c1-20(2)12-13-24(19(25)23(20)3)18-11-8-16(14-22-18)5-4-15-6-9-17(21)10-7-15;1-19(2)11-12-23(18(24)22(19)3)17-20-13-16(14-21-17)10-9-15-7-5-4-6-8-15/h6-11,14H,12-13H2,1-3H3;4-8,13-14H,11-12H2,1-3H3. The van der Waals surface area contributed by atoms with Gasteiger partial charge in [-0.15, -0.1) is 0 Å². The Balaban J connectivity index is 0.000000191. The largest absolute Gasteiger partial charge is 0.327 e. The van der Waals surface area contributed by atoms with Crippen LogP contribution in [0.2, 0.25) is 0 Å². The second-order valence-electron chi connectivity index (χ2n) is 13.2. The van der Waals surface area contributed by atoms with Crippen molar-refractivity contribution in [3.8, 4) is 23.7 Å². The summed E-state index contributed by atoms with van der Waals surface area (Å²) < 4.78 is 12.9. The summed E-state index contributed by atoms with van der Waals surface area (Å²) in [6.45, 7) is 9.50. The molecule has 0 radical (unpaired) electrons. The quantitative estimate of drug-likeness (QED) is 0.228. The van der Waals surface area contributed by atoms with Gasteiger partial charge in [0.05, 0.1) is 5.56 Å². The minimum atomic E-state index is -0.282. The minimum absolute atomic E-state index is 0.0473. The van der Waals surface area contributed by atoms with E-state index in [1.165, 1.54) is 12.1 Å². The summed E-state index contributed by atoms with van der Waals surface area (Å²) in [6.07, 6.45) is 6.71. The van der Waals surface area contributed by atoms with Crippen molar-refractivity contribution < 1.29 is 14.0 Å². The maximum absolute atomic E-state index is 12.9. The summed E-state index contributed by atoms with van der Waals surface area (Å²) in [5.74, 6) is 12.8. The number of hydrogen-bond donors (Lipinski definition) is 0. The van der Waals surface area contributed by atoms with Crippen LogP contribution in [0.4, 0.5) is 25.7 Å². The van der Waals surface area contributed by atoms with Crippen LogP contribution < -0.4 is 9.80 Å². The molecule has 0 bridgehead atoms. The van der Waals surface area contributed by atoms with Gasteiger partial charge in [0.15, 0.2) is 0 Å². The second-order valence-corrected chi connectivity index (χ2v) is 13.2. The molecule has 2 aliphatic rings. The number of nitrogens with zero attached hydrogens (tertiary/aromatic N) is 7. The van der Waals surface area contributed by atoms with Crippen molar-refractivity contribution in [2.45, 2.75) is 51.6 Å². The molecule has 2 fully saturated rings. The zero-order valence-electron chi connectivity index (χ0n) is 28.7. The topological polar surface area (TPSA) is 85.8 Å². The third kappa shape index (κ3) is 8.41. The minimum Gasteiger partial charge on any atom is -0.322 e. The van der Waals surface area contributed by atoms with Gasteiger partial charge in [-0.25, -0.2) is 28.9 Å². The number of benzene rings is 2. The monoisotopic (exact) mass is 657 g/mol. The van der Waals surface area contributed by atoms with Gasteiger partial charge in [0.1, 0.15) is 11.6 Å². The van der Waals surface area contributed by atoms with Crippen LogP contribution >= 0.6 is 0 Å². The van der Waals surface area contributed by atoms with Gasteiger partial charge in [-0.05, 0) is 89.1 Å². The third-order valence-electron chi connectivity index (χ3n) is 8.97. The van der Waals surface area contributed by atoms with Gasteiger partial charge < -0.3 is 9.80 Å². The van der Waals surface area contributed by atoms with Crippen molar-refractivity contribution in [1.29, 1.82) is 0 Å². The van der Waals surface area contributed by atoms with Crippen molar-refractivity contribution in [1.82, 2.24) is 24.8 Å². The molecule has 6 rings (SSSR count). The first kappa shape index (κ1) is 34.6. The molecule has 2 aromatic carbocycles. The highest BCUT2D eigenvalue weighted by molar-refractivity contribution is 5.92. The lowest BCUT2D eigenvalue weighted by atomic mass is 9.96. The number of carbonyl (C=O) groups excluding carboxylic acids is 2. The molecule has 10 heteroatoms. The molecule has 4 amide bonds. The fraction of sp³-hybridized carbons (Fsp3) is 0.308. The first-order valence-electron chi connectivity index (χ1n) is 16.1.